The highest BCUT2D eigenvalue weighted by Crippen LogP contribution is 2.31. The van der Waals surface area contributed by atoms with Gasteiger partial charge in [-0.25, -0.2) is 9.97 Å². The molecule has 0 bridgehead atoms. The third-order valence-electron chi connectivity index (χ3n) is 4.46. The third kappa shape index (κ3) is 4.13. The highest BCUT2D eigenvalue weighted by molar-refractivity contribution is 5.63. The molecule has 1 unspecified atom stereocenters. The highest BCUT2D eigenvalue weighted by atomic mass is 16.5. The molecule has 2 aromatic rings. The van der Waals surface area contributed by atoms with E-state index in [9.17, 15) is 0 Å². The Morgan fingerprint density at radius 2 is 1.92 bits per heavy atom. The van der Waals surface area contributed by atoms with Gasteiger partial charge in [0.1, 0.15) is 17.5 Å². The van der Waals surface area contributed by atoms with Crippen LogP contribution in [0.5, 0.6) is 11.5 Å². The number of benzene rings is 1. The van der Waals surface area contributed by atoms with Crippen LogP contribution in [0.3, 0.4) is 0 Å². The lowest BCUT2D eigenvalue weighted by atomic mass is 10.0. The van der Waals surface area contributed by atoms with Gasteiger partial charge in [0.2, 0.25) is 0 Å². The number of aryl methyl sites for hydroxylation is 1. The Morgan fingerprint density at radius 1 is 1.12 bits per heavy atom. The Balaban J connectivity index is 1.83. The Labute approximate surface area is 149 Å². The fourth-order valence-corrected chi connectivity index (χ4v) is 3.24. The molecule has 2 heterocycles. The number of piperidine rings is 1. The molecule has 6 nitrogen and oxygen atoms in total. The fourth-order valence-electron chi connectivity index (χ4n) is 3.24. The Morgan fingerprint density at radius 3 is 2.64 bits per heavy atom. The van der Waals surface area contributed by atoms with Crippen molar-refractivity contribution in [3.63, 3.8) is 0 Å². The predicted octanol–water partition coefficient (Wildman–Crippen LogP) is 3.78. The Hall–Kier alpha value is -2.50. The summed E-state index contributed by atoms with van der Waals surface area (Å²) in [5.41, 5.74) is 0.897. The number of hydrogen-bond donors (Lipinski definition) is 1. The molecule has 1 atom stereocenters. The molecule has 3 rings (SSSR count). The molecule has 134 valence electrons. The van der Waals surface area contributed by atoms with Gasteiger partial charge in [-0.2, -0.15) is 0 Å². The topological polar surface area (TPSA) is 59.5 Å². The molecule has 0 spiro atoms. The zero-order valence-corrected chi connectivity index (χ0v) is 15.4. The molecule has 0 radical (unpaired) electrons. The van der Waals surface area contributed by atoms with Crippen molar-refractivity contribution in [1.82, 2.24) is 9.97 Å². The molecular formula is C19H26N4O2. The van der Waals surface area contributed by atoms with Crippen LogP contribution in [0.15, 0.2) is 24.3 Å². The first-order chi connectivity index (χ1) is 12.1. The van der Waals surface area contributed by atoms with Gasteiger partial charge in [0.25, 0.3) is 0 Å². The second-order valence-corrected chi connectivity index (χ2v) is 6.55. The van der Waals surface area contributed by atoms with E-state index in [0.717, 1.165) is 36.2 Å². The number of nitrogens with one attached hydrogen (secondary N) is 1. The molecule has 0 saturated carbocycles. The van der Waals surface area contributed by atoms with Gasteiger partial charge < -0.3 is 19.7 Å². The molecule has 1 aliphatic heterocycles. The quantitative estimate of drug-likeness (QED) is 0.892. The lowest BCUT2D eigenvalue weighted by Gasteiger charge is -2.32. The summed E-state index contributed by atoms with van der Waals surface area (Å²) in [6.07, 6.45) is 2.50. The first-order valence-electron chi connectivity index (χ1n) is 8.68. The monoisotopic (exact) mass is 342 g/mol. The first kappa shape index (κ1) is 17.3. The van der Waals surface area contributed by atoms with Crippen LogP contribution in [0.2, 0.25) is 0 Å². The molecule has 1 fully saturated rings. The van der Waals surface area contributed by atoms with Gasteiger partial charge in [-0.3, -0.25) is 0 Å². The summed E-state index contributed by atoms with van der Waals surface area (Å²) >= 11 is 0. The largest absolute Gasteiger partial charge is 0.493 e. The van der Waals surface area contributed by atoms with Crippen LogP contribution in [0.4, 0.5) is 17.3 Å². The summed E-state index contributed by atoms with van der Waals surface area (Å²) in [6, 6.07) is 7.74. The van der Waals surface area contributed by atoms with E-state index in [2.05, 4.69) is 27.1 Å². The molecule has 0 aliphatic carbocycles. The molecule has 1 aromatic heterocycles. The number of rotatable bonds is 5. The molecule has 1 saturated heterocycles. The number of anilines is 3. The maximum absolute atomic E-state index is 5.36. The third-order valence-corrected chi connectivity index (χ3v) is 4.46. The average molecular weight is 342 g/mol. The van der Waals surface area contributed by atoms with E-state index in [1.807, 2.05) is 31.2 Å². The summed E-state index contributed by atoms with van der Waals surface area (Å²) in [7, 11) is 3.26. The van der Waals surface area contributed by atoms with Crippen LogP contribution in [-0.2, 0) is 0 Å². The average Bonchev–Trinajstić information content (AvgIpc) is 2.61. The van der Waals surface area contributed by atoms with Gasteiger partial charge in [-0.05, 0) is 37.8 Å². The molecule has 25 heavy (non-hydrogen) atoms. The van der Waals surface area contributed by atoms with Crippen LogP contribution >= 0.6 is 0 Å². The Bertz CT molecular complexity index is 735. The lowest BCUT2D eigenvalue weighted by molar-refractivity contribution is 0.355. The van der Waals surface area contributed by atoms with Crippen molar-refractivity contribution in [1.29, 1.82) is 0 Å². The van der Waals surface area contributed by atoms with Gasteiger partial charge in [0.05, 0.1) is 14.2 Å². The minimum absolute atomic E-state index is 0.684. The smallest absolute Gasteiger partial charge is 0.162 e. The van der Waals surface area contributed by atoms with Crippen LogP contribution in [0.1, 0.15) is 25.6 Å². The number of ether oxygens (including phenoxy) is 2. The van der Waals surface area contributed by atoms with Crippen molar-refractivity contribution in [2.75, 3.05) is 37.5 Å². The van der Waals surface area contributed by atoms with E-state index in [0.29, 0.717) is 17.4 Å². The summed E-state index contributed by atoms with van der Waals surface area (Å²) in [6.45, 7) is 6.32. The zero-order valence-electron chi connectivity index (χ0n) is 15.4. The fraction of sp³-hybridized carbons (Fsp3) is 0.474. The summed E-state index contributed by atoms with van der Waals surface area (Å²) in [4.78, 5) is 11.5. The second-order valence-electron chi connectivity index (χ2n) is 6.55. The van der Waals surface area contributed by atoms with E-state index in [4.69, 9.17) is 9.47 Å². The number of methoxy groups -OCH3 is 2. The highest BCUT2D eigenvalue weighted by Gasteiger charge is 2.18. The predicted molar refractivity (Wildman–Crippen MR) is 100 cm³/mol. The van der Waals surface area contributed by atoms with Crippen LogP contribution < -0.4 is 19.7 Å². The van der Waals surface area contributed by atoms with Crippen molar-refractivity contribution in [3.8, 4) is 11.5 Å². The van der Waals surface area contributed by atoms with E-state index >= 15 is 0 Å². The zero-order chi connectivity index (χ0) is 17.8. The van der Waals surface area contributed by atoms with Crippen LogP contribution in [-0.4, -0.2) is 37.3 Å². The van der Waals surface area contributed by atoms with Crippen molar-refractivity contribution >= 4 is 17.3 Å². The minimum Gasteiger partial charge on any atom is -0.493 e. The van der Waals surface area contributed by atoms with Crippen molar-refractivity contribution in [3.05, 3.63) is 30.1 Å². The van der Waals surface area contributed by atoms with Crippen LogP contribution in [0, 0.1) is 12.8 Å². The number of hydrogen-bond acceptors (Lipinski definition) is 6. The molecule has 0 amide bonds. The molecular weight excluding hydrogens is 316 g/mol. The minimum atomic E-state index is 0.684. The van der Waals surface area contributed by atoms with Gasteiger partial charge in [0.15, 0.2) is 11.5 Å². The number of nitrogens with zero attached hydrogens (tertiary/aromatic N) is 3. The first-order valence-corrected chi connectivity index (χ1v) is 8.68. The van der Waals surface area contributed by atoms with Crippen LogP contribution in [0.25, 0.3) is 0 Å². The maximum Gasteiger partial charge on any atom is 0.162 e. The van der Waals surface area contributed by atoms with Gasteiger partial charge >= 0.3 is 0 Å². The van der Waals surface area contributed by atoms with Gasteiger partial charge in [0, 0.05) is 30.9 Å². The normalized spacial score (nSPS) is 17.3. The van der Waals surface area contributed by atoms with E-state index in [1.54, 1.807) is 14.2 Å². The van der Waals surface area contributed by atoms with E-state index in [-0.39, 0.29) is 0 Å². The molecule has 1 aromatic carbocycles. The van der Waals surface area contributed by atoms with Gasteiger partial charge in [-0.1, -0.05) is 6.92 Å². The number of aromatic nitrogens is 2. The molecule has 1 aliphatic rings. The summed E-state index contributed by atoms with van der Waals surface area (Å²) < 4.78 is 10.6. The standard InChI is InChI=1S/C19H26N4O2/c1-13-6-5-9-23(12-13)19-11-18(20-14(2)21-19)22-15-7-8-16(24-3)17(10-15)25-4/h7-8,10-11,13H,5-6,9,12H2,1-4H3,(H,20,21,22). The van der Waals surface area contributed by atoms with Gasteiger partial charge in [-0.15, -0.1) is 0 Å². The van der Waals surface area contributed by atoms with Crippen molar-refractivity contribution < 1.29 is 9.47 Å². The van der Waals surface area contributed by atoms with E-state index in [1.165, 1.54) is 12.8 Å². The molecule has 6 heteroatoms. The summed E-state index contributed by atoms with van der Waals surface area (Å²) in [5, 5.41) is 3.35. The van der Waals surface area contributed by atoms with Crippen molar-refractivity contribution in [2.45, 2.75) is 26.7 Å². The maximum atomic E-state index is 5.36. The SMILES string of the molecule is COc1ccc(Nc2cc(N3CCCC(C)C3)nc(C)n2)cc1OC. The second kappa shape index (κ2) is 7.59. The Kier molecular flexibility index (Phi) is 5.26. The summed E-state index contributed by atoms with van der Waals surface area (Å²) in [5.74, 6) is 4.62. The van der Waals surface area contributed by atoms with E-state index < -0.39 is 0 Å². The lowest BCUT2D eigenvalue weighted by Crippen LogP contribution is -2.35. The molecule has 1 N–H and O–H groups in total. The van der Waals surface area contributed by atoms with Crippen molar-refractivity contribution in [2.24, 2.45) is 5.92 Å².